The molecule has 2 unspecified atom stereocenters. The quantitative estimate of drug-likeness (QED) is 0.678. The van der Waals surface area contributed by atoms with Crippen LogP contribution in [0.2, 0.25) is 0 Å². The second kappa shape index (κ2) is 5.64. The van der Waals surface area contributed by atoms with E-state index < -0.39 is 0 Å². The number of hydrogen-bond donors (Lipinski definition) is 1. The first-order chi connectivity index (χ1) is 9.01. The highest BCUT2D eigenvalue weighted by molar-refractivity contribution is 8.00. The van der Waals surface area contributed by atoms with Crippen molar-refractivity contribution in [3.05, 3.63) is 22.2 Å². The van der Waals surface area contributed by atoms with Gasteiger partial charge >= 0.3 is 5.69 Å². The van der Waals surface area contributed by atoms with Crippen LogP contribution >= 0.6 is 11.8 Å². The van der Waals surface area contributed by atoms with Crippen LogP contribution in [-0.2, 0) is 0 Å². The van der Waals surface area contributed by atoms with Gasteiger partial charge in [0.2, 0.25) is 5.82 Å². The molecule has 1 aliphatic rings. The SMILES string of the molecule is CNc1ccc([N+](=O)[O-])c(N2CC(C)SC(C)C2)n1. The van der Waals surface area contributed by atoms with E-state index in [1.54, 1.807) is 13.1 Å². The molecule has 1 aromatic rings. The second-order valence-electron chi connectivity index (χ2n) is 4.71. The van der Waals surface area contributed by atoms with E-state index in [9.17, 15) is 10.1 Å². The average molecular weight is 282 g/mol. The molecule has 19 heavy (non-hydrogen) atoms. The van der Waals surface area contributed by atoms with Crippen molar-refractivity contribution >= 4 is 29.1 Å². The van der Waals surface area contributed by atoms with Crippen LogP contribution in [0.25, 0.3) is 0 Å². The zero-order valence-corrected chi connectivity index (χ0v) is 12.1. The lowest BCUT2D eigenvalue weighted by atomic mass is 10.3. The summed E-state index contributed by atoms with van der Waals surface area (Å²) in [5, 5.41) is 15.0. The van der Waals surface area contributed by atoms with Gasteiger partial charge in [0.05, 0.1) is 4.92 Å². The van der Waals surface area contributed by atoms with Crippen molar-refractivity contribution in [1.29, 1.82) is 0 Å². The van der Waals surface area contributed by atoms with Gasteiger partial charge in [-0.1, -0.05) is 13.8 Å². The molecule has 0 aromatic carbocycles. The molecule has 0 bridgehead atoms. The molecular weight excluding hydrogens is 264 g/mol. The number of anilines is 2. The Bertz CT molecular complexity index is 473. The molecule has 1 N–H and O–H groups in total. The van der Waals surface area contributed by atoms with Gasteiger partial charge in [0.1, 0.15) is 5.82 Å². The maximum Gasteiger partial charge on any atom is 0.311 e. The van der Waals surface area contributed by atoms with Crippen molar-refractivity contribution in [3.8, 4) is 0 Å². The van der Waals surface area contributed by atoms with Crippen molar-refractivity contribution < 1.29 is 4.92 Å². The Morgan fingerprint density at radius 3 is 2.58 bits per heavy atom. The molecule has 0 aliphatic carbocycles. The summed E-state index contributed by atoms with van der Waals surface area (Å²) in [4.78, 5) is 17.2. The minimum absolute atomic E-state index is 0.0744. The Balaban J connectivity index is 2.38. The van der Waals surface area contributed by atoms with Crippen LogP contribution in [0, 0.1) is 10.1 Å². The lowest BCUT2D eigenvalue weighted by molar-refractivity contribution is -0.384. The molecule has 1 aromatic heterocycles. The summed E-state index contributed by atoms with van der Waals surface area (Å²) in [5.74, 6) is 1.12. The number of thioether (sulfide) groups is 1. The van der Waals surface area contributed by atoms with Gasteiger partial charge in [-0.3, -0.25) is 10.1 Å². The average Bonchev–Trinajstić information content (AvgIpc) is 2.36. The molecular formula is C12H18N4O2S. The van der Waals surface area contributed by atoms with Crippen molar-refractivity contribution in [2.45, 2.75) is 24.3 Å². The maximum atomic E-state index is 11.1. The molecule has 1 saturated heterocycles. The number of nitro groups is 1. The summed E-state index contributed by atoms with van der Waals surface area (Å²) in [6, 6.07) is 3.15. The summed E-state index contributed by atoms with van der Waals surface area (Å²) in [6.07, 6.45) is 0. The highest BCUT2D eigenvalue weighted by Crippen LogP contribution is 2.33. The molecule has 6 nitrogen and oxygen atoms in total. The lowest BCUT2D eigenvalue weighted by Crippen LogP contribution is -2.41. The van der Waals surface area contributed by atoms with E-state index in [0.717, 1.165) is 13.1 Å². The van der Waals surface area contributed by atoms with Crippen LogP contribution in [0.5, 0.6) is 0 Å². The number of hydrogen-bond acceptors (Lipinski definition) is 6. The largest absolute Gasteiger partial charge is 0.373 e. The Labute approximate surface area is 116 Å². The van der Waals surface area contributed by atoms with Gasteiger partial charge < -0.3 is 10.2 Å². The van der Waals surface area contributed by atoms with Gasteiger partial charge in [-0.25, -0.2) is 4.98 Å². The molecule has 0 radical (unpaired) electrons. The number of rotatable bonds is 3. The molecule has 2 rings (SSSR count). The summed E-state index contributed by atoms with van der Waals surface area (Å²) < 4.78 is 0. The zero-order chi connectivity index (χ0) is 14.0. The van der Waals surface area contributed by atoms with E-state index in [-0.39, 0.29) is 10.6 Å². The first kappa shape index (κ1) is 13.9. The topological polar surface area (TPSA) is 71.3 Å². The summed E-state index contributed by atoms with van der Waals surface area (Å²) >= 11 is 1.91. The molecule has 1 aliphatic heterocycles. The van der Waals surface area contributed by atoms with E-state index in [1.807, 2.05) is 16.7 Å². The fourth-order valence-electron chi connectivity index (χ4n) is 2.31. The number of nitrogens with zero attached hydrogens (tertiary/aromatic N) is 3. The standard InChI is InChI=1S/C12H18N4O2S/c1-8-6-15(7-9(2)19-8)12-10(16(17)18)4-5-11(13-3)14-12/h4-5,8-9H,6-7H2,1-3H3,(H,13,14). The lowest BCUT2D eigenvalue weighted by Gasteiger charge is -2.35. The summed E-state index contributed by atoms with van der Waals surface area (Å²) in [6.45, 7) is 5.86. The Morgan fingerprint density at radius 2 is 2.05 bits per heavy atom. The van der Waals surface area contributed by atoms with E-state index in [4.69, 9.17) is 0 Å². The predicted octanol–water partition coefficient (Wildman–Crippen LogP) is 2.36. The molecule has 1 fully saturated rings. The van der Waals surface area contributed by atoms with Crippen LogP contribution in [0.3, 0.4) is 0 Å². The first-order valence-corrected chi connectivity index (χ1v) is 7.19. The van der Waals surface area contributed by atoms with Crippen LogP contribution in [0.1, 0.15) is 13.8 Å². The van der Waals surface area contributed by atoms with Gasteiger partial charge in [-0.15, -0.1) is 0 Å². The highest BCUT2D eigenvalue weighted by Gasteiger charge is 2.28. The fraction of sp³-hybridized carbons (Fsp3) is 0.583. The molecule has 0 spiro atoms. The zero-order valence-electron chi connectivity index (χ0n) is 11.3. The van der Waals surface area contributed by atoms with Crippen LogP contribution in [-0.4, -0.2) is 40.5 Å². The van der Waals surface area contributed by atoms with Crippen LogP contribution in [0.15, 0.2) is 12.1 Å². The number of aromatic nitrogens is 1. The van der Waals surface area contributed by atoms with Gasteiger partial charge in [-0.2, -0.15) is 11.8 Å². The van der Waals surface area contributed by atoms with E-state index in [0.29, 0.717) is 22.1 Å². The molecule has 7 heteroatoms. The minimum Gasteiger partial charge on any atom is -0.373 e. The van der Waals surface area contributed by atoms with Crippen molar-refractivity contribution in [3.63, 3.8) is 0 Å². The minimum atomic E-state index is -0.362. The van der Waals surface area contributed by atoms with E-state index in [1.165, 1.54) is 6.07 Å². The van der Waals surface area contributed by atoms with E-state index in [2.05, 4.69) is 24.1 Å². The predicted molar refractivity (Wildman–Crippen MR) is 79.2 cm³/mol. The van der Waals surface area contributed by atoms with Gasteiger partial charge in [0.25, 0.3) is 0 Å². The van der Waals surface area contributed by atoms with Crippen molar-refractivity contribution in [2.75, 3.05) is 30.4 Å². The smallest absolute Gasteiger partial charge is 0.311 e. The maximum absolute atomic E-state index is 11.1. The molecule has 2 atom stereocenters. The number of nitrogens with one attached hydrogen (secondary N) is 1. The molecule has 2 heterocycles. The summed E-state index contributed by atoms with van der Waals surface area (Å²) in [7, 11) is 1.76. The van der Waals surface area contributed by atoms with Crippen molar-refractivity contribution in [2.24, 2.45) is 0 Å². The monoisotopic (exact) mass is 282 g/mol. The first-order valence-electron chi connectivity index (χ1n) is 6.25. The second-order valence-corrected chi connectivity index (χ2v) is 6.59. The third kappa shape index (κ3) is 3.09. The third-order valence-corrected chi connectivity index (χ3v) is 4.25. The molecule has 104 valence electrons. The number of pyridine rings is 1. The molecule has 0 saturated carbocycles. The van der Waals surface area contributed by atoms with E-state index >= 15 is 0 Å². The van der Waals surface area contributed by atoms with Crippen LogP contribution in [0.4, 0.5) is 17.3 Å². The normalized spacial score (nSPS) is 23.2. The summed E-state index contributed by atoms with van der Waals surface area (Å²) in [5.41, 5.74) is 0.0744. The van der Waals surface area contributed by atoms with Gasteiger partial charge in [-0.05, 0) is 6.07 Å². The van der Waals surface area contributed by atoms with Crippen molar-refractivity contribution in [1.82, 2.24) is 4.98 Å². The van der Waals surface area contributed by atoms with Crippen LogP contribution < -0.4 is 10.2 Å². The molecule has 0 amide bonds. The third-order valence-electron chi connectivity index (χ3n) is 3.03. The Hall–Kier alpha value is -1.50. The van der Waals surface area contributed by atoms with Gasteiger partial charge in [0, 0.05) is 36.7 Å². The fourth-order valence-corrected chi connectivity index (χ4v) is 3.63. The highest BCUT2D eigenvalue weighted by atomic mass is 32.2. The van der Waals surface area contributed by atoms with Gasteiger partial charge in [0.15, 0.2) is 0 Å². The Morgan fingerprint density at radius 1 is 1.42 bits per heavy atom. The Kier molecular flexibility index (Phi) is 4.14.